The van der Waals surface area contributed by atoms with Crippen LogP contribution in [0, 0.1) is 0 Å². The zero-order valence-corrected chi connectivity index (χ0v) is 15.2. The van der Waals surface area contributed by atoms with E-state index in [0.29, 0.717) is 24.4 Å². The largest absolute Gasteiger partial charge is 0.497 e. The van der Waals surface area contributed by atoms with E-state index in [2.05, 4.69) is 20.8 Å². The molecule has 0 aliphatic carbocycles. The minimum absolute atomic E-state index is 0.152. The number of hydrogen-bond donors (Lipinski definition) is 2. The molecule has 1 saturated heterocycles. The van der Waals surface area contributed by atoms with Crippen LogP contribution in [-0.4, -0.2) is 49.0 Å². The Balaban J connectivity index is 1.65. The van der Waals surface area contributed by atoms with Gasteiger partial charge in [0.15, 0.2) is 0 Å². The molecule has 1 aliphatic heterocycles. The Morgan fingerprint density at radius 3 is 2.84 bits per heavy atom. The summed E-state index contributed by atoms with van der Waals surface area (Å²) in [5.74, 6) is 0.657. The summed E-state index contributed by atoms with van der Waals surface area (Å²) < 4.78 is 10.8. The number of nitrogens with zero attached hydrogens (tertiary/aromatic N) is 2. The maximum Gasteiger partial charge on any atom is 0.258 e. The number of methoxy groups -OCH3 is 2. The fourth-order valence-electron chi connectivity index (χ4n) is 2.90. The summed E-state index contributed by atoms with van der Waals surface area (Å²) in [5.41, 5.74) is 0.296. The molecule has 0 atom stereocenters. The Hall–Kier alpha value is -2.03. The maximum atomic E-state index is 12.6. The van der Waals surface area contributed by atoms with Crippen molar-refractivity contribution < 1.29 is 14.3 Å². The maximum absolute atomic E-state index is 12.6. The van der Waals surface area contributed by atoms with Crippen molar-refractivity contribution in [1.29, 1.82) is 0 Å². The first-order chi connectivity index (χ1) is 12.1. The van der Waals surface area contributed by atoms with Gasteiger partial charge in [-0.05, 0) is 43.6 Å². The fourth-order valence-corrected chi connectivity index (χ4v) is 3.67. The number of amides is 1. The highest BCUT2D eigenvalue weighted by atomic mass is 32.1. The molecular formula is C17H22N4O3S. The highest BCUT2D eigenvalue weighted by Crippen LogP contribution is 2.26. The summed E-state index contributed by atoms with van der Waals surface area (Å²) in [6.07, 6.45) is 1.93. The van der Waals surface area contributed by atoms with Crippen LogP contribution >= 0.6 is 11.3 Å². The molecule has 8 heteroatoms. The first kappa shape index (κ1) is 17.8. The van der Waals surface area contributed by atoms with Crippen LogP contribution in [0.4, 0.5) is 5.13 Å². The molecule has 25 heavy (non-hydrogen) atoms. The van der Waals surface area contributed by atoms with Gasteiger partial charge in [-0.25, -0.2) is 0 Å². The van der Waals surface area contributed by atoms with E-state index in [1.807, 2.05) is 24.3 Å². The molecule has 0 saturated carbocycles. The van der Waals surface area contributed by atoms with Gasteiger partial charge in [0.2, 0.25) is 5.13 Å². The van der Waals surface area contributed by atoms with Gasteiger partial charge in [0.25, 0.3) is 5.91 Å². The normalized spacial score (nSPS) is 16.4. The molecule has 134 valence electrons. The molecule has 3 rings (SSSR count). The van der Waals surface area contributed by atoms with E-state index < -0.39 is 5.60 Å². The fraction of sp³-hybridized carbons (Fsp3) is 0.471. The molecule has 1 amide bonds. The predicted octanol–water partition coefficient (Wildman–Crippen LogP) is 1.84. The van der Waals surface area contributed by atoms with E-state index in [1.165, 1.54) is 11.3 Å². The minimum Gasteiger partial charge on any atom is -0.497 e. The number of carbonyl (C=O) groups excluding carboxylic acids is 1. The summed E-state index contributed by atoms with van der Waals surface area (Å²) in [6, 6.07) is 7.82. The number of nitrogens with one attached hydrogen (secondary N) is 2. The summed E-state index contributed by atoms with van der Waals surface area (Å²) >= 11 is 1.38. The van der Waals surface area contributed by atoms with Crippen molar-refractivity contribution in [3.63, 3.8) is 0 Å². The van der Waals surface area contributed by atoms with Gasteiger partial charge >= 0.3 is 0 Å². The van der Waals surface area contributed by atoms with Gasteiger partial charge in [-0.15, -0.1) is 10.2 Å². The number of piperidine rings is 1. The molecule has 0 spiro atoms. The molecule has 1 fully saturated rings. The molecule has 2 N–H and O–H groups in total. The first-order valence-electron chi connectivity index (χ1n) is 8.18. The quantitative estimate of drug-likeness (QED) is 0.816. The Morgan fingerprint density at radius 1 is 1.32 bits per heavy atom. The summed E-state index contributed by atoms with van der Waals surface area (Å²) in [7, 11) is 3.23. The highest BCUT2D eigenvalue weighted by Gasteiger charge is 2.40. The highest BCUT2D eigenvalue weighted by molar-refractivity contribution is 7.15. The molecule has 0 unspecified atom stereocenters. The van der Waals surface area contributed by atoms with E-state index in [0.717, 1.165) is 29.4 Å². The van der Waals surface area contributed by atoms with Crippen LogP contribution in [0.3, 0.4) is 0 Å². The minimum atomic E-state index is -0.788. The predicted molar refractivity (Wildman–Crippen MR) is 96.2 cm³/mol. The number of anilines is 1. The average molecular weight is 362 g/mol. The second-order valence-corrected chi connectivity index (χ2v) is 6.99. The van der Waals surface area contributed by atoms with Crippen LogP contribution in [0.2, 0.25) is 0 Å². The third-order valence-corrected chi connectivity index (χ3v) is 5.23. The van der Waals surface area contributed by atoms with Gasteiger partial charge in [-0.3, -0.25) is 10.1 Å². The molecule has 7 nitrogen and oxygen atoms in total. The first-order valence-corrected chi connectivity index (χ1v) is 8.99. The standard InChI is InChI=1S/C17H22N4O3S/c1-23-13-5-3-4-12(10-13)11-14-20-21-16(25-14)19-15(22)17(24-2)6-8-18-9-7-17/h3-5,10,18H,6-9,11H2,1-2H3,(H,19,21,22). The van der Waals surface area contributed by atoms with Gasteiger partial charge in [0.05, 0.1) is 7.11 Å². The lowest BCUT2D eigenvalue weighted by molar-refractivity contribution is -0.140. The molecular weight excluding hydrogens is 340 g/mol. The van der Waals surface area contributed by atoms with Crippen LogP contribution < -0.4 is 15.4 Å². The van der Waals surface area contributed by atoms with Crippen LogP contribution in [0.25, 0.3) is 0 Å². The van der Waals surface area contributed by atoms with Gasteiger partial charge in [0.1, 0.15) is 16.4 Å². The lowest BCUT2D eigenvalue weighted by Gasteiger charge is -2.34. The van der Waals surface area contributed by atoms with Gasteiger partial charge in [-0.1, -0.05) is 23.5 Å². The number of ether oxygens (including phenoxy) is 2. The van der Waals surface area contributed by atoms with Crippen molar-refractivity contribution in [3.8, 4) is 5.75 Å². The Bertz CT molecular complexity index is 728. The van der Waals surface area contributed by atoms with E-state index in [4.69, 9.17) is 9.47 Å². The summed E-state index contributed by atoms with van der Waals surface area (Å²) in [6.45, 7) is 1.52. The SMILES string of the molecule is COc1cccc(Cc2nnc(NC(=O)C3(OC)CCNCC3)s2)c1. The van der Waals surface area contributed by atoms with E-state index in [-0.39, 0.29) is 5.91 Å². The van der Waals surface area contributed by atoms with Gasteiger partial charge < -0.3 is 14.8 Å². The Morgan fingerprint density at radius 2 is 2.12 bits per heavy atom. The van der Waals surface area contributed by atoms with E-state index in [1.54, 1.807) is 14.2 Å². The molecule has 1 aromatic heterocycles. The topological polar surface area (TPSA) is 85.4 Å². The second-order valence-electron chi connectivity index (χ2n) is 5.93. The molecule has 2 aromatic rings. The third kappa shape index (κ3) is 4.15. The lowest BCUT2D eigenvalue weighted by atomic mass is 9.91. The Kier molecular flexibility index (Phi) is 5.62. The summed E-state index contributed by atoms with van der Waals surface area (Å²) in [4.78, 5) is 12.6. The number of aromatic nitrogens is 2. The summed E-state index contributed by atoms with van der Waals surface area (Å²) in [5, 5.41) is 15.7. The van der Waals surface area contributed by atoms with Crippen LogP contribution in [0.1, 0.15) is 23.4 Å². The number of rotatable bonds is 6. The Labute approximate surface area is 150 Å². The van der Waals surface area contributed by atoms with Crippen molar-refractivity contribution >= 4 is 22.4 Å². The van der Waals surface area contributed by atoms with Crippen LogP contribution in [0.15, 0.2) is 24.3 Å². The average Bonchev–Trinajstić information content (AvgIpc) is 3.09. The molecule has 2 heterocycles. The van der Waals surface area contributed by atoms with Crippen molar-refractivity contribution in [3.05, 3.63) is 34.8 Å². The van der Waals surface area contributed by atoms with Gasteiger partial charge in [0, 0.05) is 13.5 Å². The van der Waals surface area contributed by atoms with E-state index in [9.17, 15) is 4.79 Å². The van der Waals surface area contributed by atoms with Gasteiger partial charge in [-0.2, -0.15) is 0 Å². The number of benzene rings is 1. The molecule has 1 aromatic carbocycles. The van der Waals surface area contributed by atoms with Crippen LogP contribution in [0.5, 0.6) is 5.75 Å². The van der Waals surface area contributed by atoms with E-state index >= 15 is 0 Å². The monoisotopic (exact) mass is 362 g/mol. The third-order valence-electron chi connectivity index (χ3n) is 4.39. The smallest absolute Gasteiger partial charge is 0.258 e. The lowest BCUT2D eigenvalue weighted by Crippen LogP contribution is -2.51. The number of hydrogen-bond acceptors (Lipinski definition) is 7. The molecule has 1 aliphatic rings. The second kappa shape index (κ2) is 7.90. The van der Waals surface area contributed by atoms with Crippen molar-refractivity contribution in [1.82, 2.24) is 15.5 Å². The van der Waals surface area contributed by atoms with Crippen molar-refractivity contribution in [2.45, 2.75) is 24.9 Å². The van der Waals surface area contributed by atoms with Crippen molar-refractivity contribution in [2.75, 3.05) is 32.6 Å². The van der Waals surface area contributed by atoms with Crippen LogP contribution in [-0.2, 0) is 16.0 Å². The molecule has 0 radical (unpaired) electrons. The molecule has 0 bridgehead atoms. The zero-order valence-electron chi connectivity index (χ0n) is 14.4. The van der Waals surface area contributed by atoms with Crippen molar-refractivity contribution in [2.24, 2.45) is 0 Å². The number of carbonyl (C=O) groups is 1. The zero-order chi connectivity index (χ0) is 17.7.